The number of carbonyl (C=O) groups is 1. The molecule has 0 saturated heterocycles. The third-order valence-corrected chi connectivity index (χ3v) is 6.77. The fourth-order valence-corrected chi connectivity index (χ4v) is 4.99. The van der Waals surface area contributed by atoms with E-state index in [2.05, 4.69) is 19.2 Å². The fourth-order valence-electron chi connectivity index (χ4n) is 3.70. The molecular weight excluding hydrogens is 402 g/mol. The Labute approximate surface area is 181 Å². The third-order valence-electron chi connectivity index (χ3n) is 5.45. The number of nitrogens with zero attached hydrogens (tertiary/aromatic N) is 2. The fraction of sp³-hybridized carbons (Fsp3) is 0.682. The molecule has 2 aromatic heterocycles. The van der Waals surface area contributed by atoms with Gasteiger partial charge in [-0.2, -0.15) is 0 Å². The Hall–Kier alpha value is -1.93. The summed E-state index contributed by atoms with van der Waals surface area (Å²) in [6.07, 6.45) is 2.74. The van der Waals surface area contributed by atoms with Crippen molar-refractivity contribution in [1.82, 2.24) is 14.5 Å². The van der Waals surface area contributed by atoms with Crippen LogP contribution in [0.2, 0.25) is 0 Å². The van der Waals surface area contributed by atoms with E-state index in [-0.39, 0.29) is 29.8 Å². The molecule has 0 aliphatic heterocycles. The zero-order chi connectivity index (χ0) is 22.2. The highest BCUT2D eigenvalue weighted by atomic mass is 32.1. The summed E-state index contributed by atoms with van der Waals surface area (Å²) in [5.74, 6) is 0.0487. The maximum absolute atomic E-state index is 13.2. The predicted molar refractivity (Wildman–Crippen MR) is 120 cm³/mol. The van der Waals surface area contributed by atoms with Crippen LogP contribution in [0.5, 0.6) is 0 Å². The molecule has 8 heteroatoms. The van der Waals surface area contributed by atoms with Crippen molar-refractivity contribution in [2.75, 3.05) is 6.54 Å². The average molecular weight is 436 g/mol. The van der Waals surface area contributed by atoms with E-state index in [4.69, 9.17) is 4.74 Å². The van der Waals surface area contributed by atoms with Gasteiger partial charge in [-0.1, -0.05) is 20.3 Å². The van der Waals surface area contributed by atoms with Crippen LogP contribution in [0, 0.1) is 12.8 Å². The molecule has 0 spiro atoms. The van der Waals surface area contributed by atoms with E-state index in [0.717, 1.165) is 34.5 Å². The Bertz CT molecular complexity index is 1060. The molecule has 1 aliphatic carbocycles. The number of esters is 1. The lowest BCUT2D eigenvalue weighted by Gasteiger charge is -2.19. The summed E-state index contributed by atoms with van der Waals surface area (Å²) < 4.78 is 8.58. The van der Waals surface area contributed by atoms with Gasteiger partial charge in [0.1, 0.15) is 10.4 Å². The molecule has 1 fully saturated rings. The summed E-state index contributed by atoms with van der Waals surface area (Å²) in [6, 6.07) is 0.00956. The first-order valence-electron chi connectivity index (χ1n) is 10.7. The van der Waals surface area contributed by atoms with E-state index in [9.17, 15) is 14.4 Å². The topological polar surface area (TPSA) is 82.3 Å². The normalized spacial score (nSPS) is 18.7. The number of hydrogen-bond acceptors (Lipinski definition) is 6. The predicted octanol–water partition coefficient (Wildman–Crippen LogP) is 3.35. The second kappa shape index (κ2) is 8.67. The van der Waals surface area contributed by atoms with Gasteiger partial charge in [-0.25, -0.2) is 4.79 Å². The van der Waals surface area contributed by atoms with Crippen molar-refractivity contribution in [3.05, 3.63) is 31.3 Å². The molecule has 1 saturated carbocycles. The third kappa shape index (κ3) is 4.70. The summed E-state index contributed by atoms with van der Waals surface area (Å²) in [7, 11) is 0. The molecule has 0 unspecified atom stereocenters. The van der Waals surface area contributed by atoms with Crippen LogP contribution in [0.1, 0.15) is 70.4 Å². The van der Waals surface area contributed by atoms with Gasteiger partial charge in [-0.05, 0) is 52.0 Å². The zero-order valence-corrected chi connectivity index (χ0v) is 19.6. The number of thiophene rings is 1. The Morgan fingerprint density at radius 3 is 2.53 bits per heavy atom. The number of hydrogen-bond donors (Lipinski definition) is 1. The molecule has 2 heterocycles. The van der Waals surface area contributed by atoms with Gasteiger partial charge in [-0.15, -0.1) is 11.3 Å². The summed E-state index contributed by atoms with van der Waals surface area (Å²) in [4.78, 5) is 40.1. The number of fused-ring (bicyclic) bond motifs is 1. The van der Waals surface area contributed by atoms with Gasteiger partial charge in [0.15, 0.2) is 0 Å². The Morgan fingerprint density at radius 1 is 1.30 bits per heavy atom. The van der Waals surface area contributed by atoms with Gasteiger partial charge >= 0.3 is 11.7 Å². The summed E-state index contributed by atoms with van der Waals surface area (Å²) in [5.41, 5.74) is 0.00481. The monoisotopic (exact) mass is 435 g/mol. The standard InChI is InChI=1S/C22H33N3O4S/c1-7-8-9-24-20-18(19(27)25(21(24)28)15-10-13(15)2)14(3)16(30-20)11-23-12-17(26)29-22(4,5)6/h13,15,23H,7-12H2,1-6H3/t13-,15-/m0/s1. The molecule has 1 aliphatic rings. The van der Waals surface area contributed by atoms with E-state index < -0.39 is 5.60 Å². The number of aryl methyl sites for hydroxylation is 2. The minimum absolute atomic E-state index is 0.00956. The number of nitrogens with one attached hydrogen (secondary N) is 1. The van der Waals surface area contributed by atoms with Crippen molar-refractivity contribution in [2.45, 2.75) is 85.5 Å². The van der Waals surface area contributed by atoms with Crippen molar-refractivity contribution in [1.29, 1.82) is 0 Å². The Kier molecular flexibility index (Phi) is 6.57. The van der Waals surface area contributed by atoms with E-state index >= 15 is 0 Å². The van der Waals surface area contributed by atoms with Crippen LogP contribution in [0.25, 0.3) is 10.2 Å². The Balaban J connectivity index is 1.93. The highest BCUT2D eigenvalue weighted by Crippen LogP contribution is 2.41. The molecule has 1 N–H and O–H groups in total. The smallest absolute Gasteiger partial charge is 0.332 e. The largest absolute Gasteiger partial charge is 0.459 e. The lowest BCUT2D eigenvalue weighted by Crippen LogP contribution is -2.39. The summed E-state index contributed by atoms with van der Waals surface area (Å²) in [5, 5.41) is 3.76. The van der Waals surface area contributed by atoms with Crippen molar-refractivity contribution in [3.8, 4) is 0 Å². The minimum Gasteiger partial charge on any atom is -0.459 e. The van der Waals surface area contributed by atoms with Crippen LogP contribution in [-0.2, 0) is 22.6 Å². The van der Waals surface area contributed by atoms with Crippen molar-refractivity contribution < 1.29 is 9.53 Å². The molecule has 7 nitrogen and oxygen atoms in total. The first-order chi connectivity index (χ1) is 14.0. The van der Waals surface area contributed by atoms with Crippen LogP contribution in [0.15, 0.2) is 9.59 Å². The van der Waals surface area contributed by atoms with Crippen LogP contribution < -0.4 is 16.6 Å². The van der Waals surface area contributed by atoms with Gasteiger partial charge in [0, 0.05) is 24.0 Å². The number of aromatic nitrogens is 2. The molecule has 0 radical (unpaired) electrons. The van der Waals surface area contributed by atoms with Gasteiger partial charge in [0.25, 0.3) is 5.56 Å². The average Bonchev–Trinajstić information content (AvgIpc) is 3.24. The van der Waals surface area contributed by atoms with Crippen molar-refractivity contribution in [3.63, 3.8) is 0 Å². The van der Waals surface area contributed by atoms with E-state index in [1.807, 2.05) is 27.7 Å². The van der Waals surface area contributed by atoms with E-state index in [1.165, 1.54) is 15.9 Å². The van der Waals surface area contributed by atoms with Gasteiger partial charge < -0.3 is 10.1 Å². The zero-order valence-electron chi connectivity index (χ0n) is 18.8. The molecule has 0 amide bonds. The number of rotatable bonds is 8. The van der Waals surface area contributed by atoms with Crippen molar-refractivity contribution >= 4 is 27.5 Å². The van der Waals surface area contributed by atoms with Gasteiger partial charge in [0.2, 0.25) is 0 Å². The van der Waals surface area contributed by atoms with E-state index in [1.54, 1.807) is 4.57 Å². The molecule has 0 aromatic carbocycles. The minimum atomic E-state index is -0.521. The SMILES string of the molecule is CCCCn1c(=O)n([C@H]2C[C@@H]2C)c(=O)c2c(C)c(CNCC(=O)OC(C)(C)C)sc21. The highest BCUT2D eigenvalue weighted by molar-refractivity contribution is 7.18. The van der Waals surface area contributed by atoms with Gasteiger partial charge in [-0.3, -0.25) is 18.7 Å². The number of carbonyl (C=O) groups excluding carboxylic acids is 1. The van der Waals surface area contributed by atoms with E-state index in [0.29, 0.717) is 24.4 Å². The summed E-state index contributed by atoms with van der Waals surface area (Å²) >= 11 is 1.47. The quantitative estimate of drug-likeness (QED) is 0.643. The van der Waals surface area contributed by atoms with Crippen LogP contribution >= 0.6 is 11.3 Å². The second-order valence-electron chi connectivity index (χ2n) is 9.26. The molecule has 166 valence electrons. The van der Waals surface area contributed by atoms with Crippen LogP contribution in [-0.4, -0.2) is 27.2 Å². The van der Waals surface area contributed by atoms with Crippen molar-refractivity contribution in [2.24, 2.45) is 5.92 Å². The maximum atomic E-state index is 13.2. The lowest BCUT2D eigenvalue weighted by atomic mass is 10.2. The molecular formula is C22H33N3O4S. The Morgan fingerprint density at radius 2 is 1.97 bits per heavy atom. The molecule has 2 atom stereocenters. The molecule has 2 aromatic rings. The van der Waals surface area contributed by atoms with Crippen LogP contribution in [0.4, 0.5) is 0 Å². The molecule has 30 heavy (non-hydrogen) atoms. The van der Waals surface area contributed by atoms with Crippen LogP contribution in [0.3, 0.4) is 0 Å². The second-order valence-corrected chi connectivity index (χ2v) is 10.3. The highest BCUT2D eigenvalue weighted by Gasteiger charge is 2.38. The number of unbranched alkanes of at least 4 members (excludes halogenated alkanes) is 1. The number of ether oxygens (including phenoxy) is 1. The molecule has 0 bridgehead atoms. The summed E-state index contributed by atoms with van der Waals surface area (Å²) in [6.45, 7) is 12.8. The van der Waals surface area contributed by atoms with Gasteiger partial charge in [0.05, 0.1) is 11.9 Å². The first kappa shape index (κ1) is 22.7. The lowest BCUT2D eigenvalue weighted by molar-refractivity contribution is -0.153. The maximum Gasteiger partial charge on any atom is 0.332 e. The molecule has 3 rings (SSSR count). The first-order valence-corrected chi connectivity index (χ1v) is 11.6.